The molecule has 30 heavy (non-hydrogen) atoms. The van der Waals surface area contributed by atoms with E-state index in [1.54, 1.807) is 11.1 Å². The summed E-state index contributed by atoms with van der Waals surface area (Å²) >= 11 is 3.50. The first-order valence-electron chi connectivity index (χ1n) is 10.9. The Kier molecular flexibility index (Phi) is 6.87. The molecule has 2 aliphatic heterocycles. The van der Waals surface area contributed by atoms with E-state index in [0.29, 0.717) is 31.3 Å². The fourth-order valence-electron chi connectivity index (χ4n) is 4.69. The summed E-state index contributed by atoms with van der Waals surface area (Å²) in [6.45, 7) is 1.58. The summed E-state index contributed by atoms with van der Waals surface area (Å²) in [7, 11) is 0. The molecule has 6 nitrogen and oxygen atoms in total. The first kappa shape index (κ1) is 21.1. The lowest BCUT2D eigenvalue weighted by Gasteiger charge is -2.40. The van der Waals surface area contributed by atoms with E-state index in [1.807, 2.05) is 30.3 Å². The van der Waals surface area contributed by atoms with Crippen LogP contribution < -0.4 is 10.2 Å². The molecular weight excluding hydrogens is 444 g/mol. The average Bonchev–Trinajstić information content (AvgIpc) is 3.26. The molecule has 2 fully saturated rings. The second-order valence-corrected chi connectivity index (χ2v) is 9.31. The highest BCUT2D eigenvalue weighted by Crippen LogP contribution is 2.30. The normalized spacial score (nSPS) is 21.0. The van der Waals surface area contributed by atoms with Gasteiger partial charge in [-0.2, -0.15) is 0 Å². The van der Waals surface area contributed by atoms with Crippen LogP contribution in [0.5, 0.6) is 0 Å². The second-order valence-electron chi connectivity index (χ2n) is 8.40. The van der Waals surface area contributed by atoms with Gasteiger partial charge in [0.25, 0.3) is 0 Å². The lowest BCUT2D eigenvalue weighted by Crippen LogP contribution is -2.59. The van der Waals surface area contributed by atoms with Crippen LogP contribution in [0.25, 0.3) is 0 Å². The number of hydrogen-bond acceptors (Lipinski definition) is 4. The van der Waals surface area contributed by atoms with E-state index in [9.17, 15) is 9.59 Å². The Morgan fingerprint density at radius 3 is 2.77 bits per heavy atom. The molecule has 1 saturated heterocycles. The molecule has 1 atom stereocenters. The van der Waals surface area contributed by atoms with Gasteiger partial charge >= 0.3 is 0 Å². The molecule has 0 bridgehead atoms. The minimum Gasteiger partial charge on any atom is -0.360 e. The number of hydrogen-bond donors (Lipinski definition) is 1. The first-order valence-corrected chi connectivity index (χ1v) is 11.7. The Bertz CT molecular complexity index is 847. The number of carbonyl (C=O) groups excluding carboxylic acids is 2. The van der Waals surface area contributed by atoms with E-state index in [2.05, 4.69) is 31.1 Å². The van der Waals surface area contributed by atoms with Crippen molar-refractivity contribution in [3.63, 3.8) is 0 Å². The Morgan fingerprint density at radius 1 is 1.23 bits per heavy atom. The van der Waals surface area contributed by atoms with Gasteiger partial charge in [-0.3, -0.25) is 9.59 Å². The van der Waals surface area contributed by atoms with Crippen molar-refractivity contribution < 1.29 is 9.59 Å². The van der Waals surface area contributed by atoms with Gasteiger partial charge in [-0.25, -0.2) is 4.99 Å². The summed E-state index contributed by atoms with van der Waals surface area (Å²) in [5, 5.41) is 2.97. The smallest absolute Gasteiger partial charge is 0.248 e. The van der Waals surface area contributed by atoms with Crippen molar-refractivity contribution in [1.29, 1.82) is 0 Å². The van der Waals surface area contributed by atoms with E-state index in [0.717, 1.165) is 36.0 Å². The van der Waals surface area contributed by atoms with Gasteiger partial charge < -0.3 is 15.1 Å². The third kappa shape index (κ3) is 5.12. The maximum atomic E-state index is 13.2. The molecule has 1 saturated carbocycles. The Morgan fingerprint density at radius 2 is 2.07 bits per heavy atom. The van der Waals surface area contributed by atoms with Crippen molar-refractivity contribution in [3.8, 4) is 0 Å². The van der Waals surface area contributed by atoms with Crippen molar-refractivity contribution in [2.75, 3.05) is 24.5 Å². The van der Waals surface area contributed by atoms with Crippen LogP contribution in [0.3, 0.4) is 0 Å². The molecule has 4 rings (SSSR count). The first-order chi connectivity index (χ1) is 14.6. The average molecular weight is 473 g/mol. The minimum absolute atomic E-state index is 0.0173. The molecule has 0 spiro atoms. The molecule has 7 heteroatoms. The number of piperazine rings is 1. The summed E-state index contributed by atoms with van der Waals surface area (Å²) in [6, 6.07) is 7.58. The number of carbonyl (C=O) groups is 2. The molecule has 3 aliphatic rings. The maximum absolute atomic E-state index is 13.2. The van der Waals surface area contributed by atoms with Crippen molar-refractivity contribution in [3.05, 3.63) is 41.0 Å². The summed E-state index contributed by atoms with van der Waals surface area (Å²) in [5.41, 5.74) is 1.03. The highest BCUT2D eigenvalue weighted by Gasteiger charge is 2.36. The molecule has 2 amide bonds. The van der Waals surface area contributed by atoms with E-state index in [-0.39, 0.29) is 11.8 Å². The monoisotopic (exact) mass is 472 g/mol. The Hall–Kier alpha value is -2.15. The molecule has 1 aromatic carbocycles. The van der Waals surface area contributed by atoms with Crippen LogP contribution in [-0.2, 0) is 9.59 Å². The van der Waals surface area contributed by atoms with Crippen molar-refractivity contribution in [1.82, 2.24) is 10.2 Å². The van der Waals surface area contributed by atoms with Crippen LogP contribution in [0.1, 0.15) is 44.9 Å². The highest BCUT2D eigenvalue weighted by atomic mass is 79.9. The van der Waals surface area contributed by atoms with Gasteiger partial charge in [0, 0.05) is 35.9 Å². The molecule has 1 aromatic rings. The number of nitrogens with one attached hydrogen (secondary N) is 1. The van der Waals surface area contributed by atoms with Crippen LogP contribution in [0.4, 0.5) is 5.69 Å². The zero-order valence-electron chi connectivity index (χ0n) is 17.2. The number of benzene rings is 1. The molecule has 1 aliphatic carbocycles. The fraction of sp³-hybridized carbons (Fsp3) is 0.522. The van der Waals surface area contributed by atoms with Gasteiger partial charge in [-0.15, -0.1) is 0 Å². The SMILES string of the molecule is O=C(NC1=NC=CC1)[C@H](CC1CCCCC1)N1CCN(c2cccc(Br)c2)CC1=O. The van der Waals surface area contributed by atoms with Gasteiger partial charge in [-0.1, -0.05) is 60.2 Å². The largest absolute Gasteiger partial charge is 0.360 e. The third-order valence-electron chi connectivity index (χ3n) is 6.31. The molecule has 0 unspecified atom stereocenters. The molecule has 0 radical (unpaired) electrons. The zero-order chi connectivity index (χ0) is 20.9. The number of rotatable bonds is 5. The maximum Gasteiger partial charge on any atom is 0.248 e. The van der Waals surface area contributed by atoms with Crippen molar-refractivity contribution in [2.45, 2.75) is 51.0 Å². The van der Waals surface area contributed by atoms with Gasteiger partial charge in [0.05, 0.1) is 6.54 Å². The lowest BCUT2D eigenvalue weighted by molar-refractivity contribution is -0.140. The number of amidine groups is 1. The number of halogens is 1. The topological polar surface area (TPSA) is 65.0 Å². The molecule has 160 valence electrons. The fourth-order valence-corrected chi connectivity index (χ4v) is 5.08. The molecule has 0 aromatic heterocycles. The Labute approximate surface area is 186 Å². The van der Waals surface area contributed by atoms with Gasteiger partial charge in [0.1, 0.15) is 11.9 Å². The molecule has 2 heterocycles. The van der Waals surface area contributed by atoms with Crippen LogP contribution in [-0.4, -0.2) is 48.2 Å². The van der Waals surface area contributed by atoms with Crippen LogP contribution in [0.2, 0.25) is 0 Å². The van der Waals surface area contributed by atoms with E-state index < -0.39 is 6.04 Å². The minimum atomic E-state index is -0.423. The van der Waals surface area contributed by atoms with Crippen molar-refractivity contribution in [2.24, 2.45) is 10.9 Å². The van der Waals surface area contributed by atoms with Crippen LogP contribution in [0.15, 0.2) is 46.0 Å². The van der Waals surface area contributed by atoms with Gasteiger partial charge in [-0.05, 0) is 30.5 Å². The van der Waals surface area contributed by atoms with E-state index >= 15 is 0 Å². The quantitative estimate of drug-likeness (QED) is 0.707. The van der Waals surface area contributed by atoms with Gasteiger partial charge in [0.15, 0.2) is 0 Å². The standard InChI is InChI=1S/C23H29BrN4O2/c24-18-8-4-9-19(15-18)27-12-13-28(22(29)16-27)20(14-17-6-2-1-3-7-17)23(30)26-21-10-5-11-25-21/h4-5,8-9,11,15,17,20H,1-3,6-7,10,12-14,16H2,(H,25,26,30)/t20-/m0/s1. The van der Waals surface area contributed by atoms with E-state index in [4.69, 9.17) is 0 Å². The zero-order valence-corrected chi connectivity index (χ0v) is 18.8. The van der Waals surface area contributed by atoms with Gasteiger partial charge in [0.2, 0.25) is 11.8 Å². The highest BCUT2D eigenvalue weighted by molar-refractivity contribution is 9.10. The third-order valence-corrected chi connectivity index (χ3v) is 6.80. The summed E-state index contributed by atoms with van der Waals surface area (Å²) in [5.74, 6) is 1.11. The van der Waals surface area contributed by atoms with Crippen molar-refractivity contribution >= 4 is 39.3 Å². The second kappa shape index (κ2) is 9.77. The summed E-state index contributed by atoms with van der Waals surface area (Å²) < 4.78 is 0.996. The Balaban J connectivity index is 1.46. The predicted octanol–water partition coefficient (Wildman–Crippen LogP) is 3.87. The molecule has 1 N–H and O–H groups in total. The number of amides is 2. The van der Waals surface area contributed by atoms with E-state index in [1.165, 1.54) is 19.3 Å². The lowest BCUT2D eigenvalue weighted by atomic mass is 9.84. The van der Waals surface area contributed by atoms with Crippen LogP contribution in [0, 0.1) is 5.92 Å². The number of aliphatic imine (C=N–C) groups is 1. The predicted molar refractivity (Wildman–Crippen MR) is 122 cm³/mol. The summed E-state index contributed by atoms with van der Waals surface area (Å²) in [6.07, 6.45) is 11.1. The number of nitrogens with zero attached hydrogens (tertiary/aromatic N) is 3. The summed E-state index contributed by atoms with van der Waals surface area (Å²) in [4.78, 5) is 34.4. The van der Waals surface area contributed by atoms with Crippen LogP contribution >= 0.6 is 15.9 Å². The molecular formula is C23H29BrN4O2. The number of anilines is 1.